The summed E-state index contributed by atoms with van der Waals surface area (Å²) in [7, 11) is 0. The lowest BCUT2D eigenvalue weighted by Crippen LogP contribution is -2.44. The maximum absolute atomic E-state index is 5.97. The average molecular weight is 242 g/mol. The Balaban J connectivity index is 4.47. The highest BCUT2D eigenvalue weighted by Gasteiger charge is 2.23. The second-order valence-electron chi connectivity index (χ2n) is 6.42. The third kappa shape index (κ3) is 7.05. The molecule has 0 saturated heterocycles. The molecule has 1 atom stereocenters. The maximum atomic E-state index is 5.97. The van der Waals surface area contributed by atoms with Crippen LogP contribution in [-0.2, 0) is 0 Å². The SMILES string of the molecule is CCC(CC)CN(CC)C(CN)CC(C)(C)C. The van der Waals surface area contributed by atoms with Gasteiger partial charge in [0.15, 0.2) is 0 Å². The van der Waals surface area contributed by atoms with Gasteiger partial charge in [-0.2, -0.15) is 0 Å². The number of nitrogens with zero attached hydrogens (tertiary/aromatic N) is 1. The summed E-state index contributed by atoms with van der Waals surface area (Å²) in [6, 6.07) is 0.542. The zero-order valence-corrected chi connectivity index (χ0v) is 12.9. The van der Waals surface area contributed by atoms with Gasteiger partial charge in [-0.1, -0.05) is 54.4 Å². The molecule has 2 nitrogen and oxygen atoms in total. The van der Waals surface area contributed by atoms with Gasteiger partial charge in [0.25, 0.3) is 0 Å². The fourth-order valence-electron chi connectivity index (χ4n) is 2.48. The molecule has 0 spiro atoms. The van der Waals surface area contributed by atoms with Crippen molar-refractivity contribution in [3.63, 3.8) is 0 Å². The minimum Gasteiger partial charge on any atom is -0.329 e. The smallest absolute Gasteiger partial charge is 0.0223 e. The van der Waals surface area contributed by atoms with Crippen LogP contribution in [0.3, 0.4) is 0 Å². The molecule has 0 aromatic carbocycles. The second-order valence-corrected chi connectivity index (χ2v) is 6.42. The Morgan fingerprint density at radius 3 is 1.88 bits per heavy atom. The number of hydrogen-bond donors (Lipinski definition) is 1. The predicted octanol–water partition coefficient (Wildman–Crippen LogP) is 3.51. The Labute approximate surface area is 109 Å². The van der Waals surface area contributed by atoms with Crippen LogP contribution in [0.25, 0.3) is 0 Å². The Kier molecular flexibility index (Phi) is 8.06. The largest absolute Gasteiger partial charge is 0.329 e. The maximum Gasteiger partial charge on any atom is 0.0223 e. The van der Waals surface area contributed by atoms with Crippen molar-refractivity contribution in [3.8, 4) is 0 Å². The van der Waals surface area contributed by atoms with E-state index in [0.29, 0.717) is 11.5 Å². The fraction of sp³-hybridized carbons (Fsp3) is 1.00. The van der Waals surface area contributed by atoms with Crippen LogP contribution >= 0.6 is 0 Å². The van der Waals surface area contributed by atoms with E-state index in [4.69, 9.17) is 5.73 Å². The highest BCUT2D eigenvalue weighted by molar-refractivity contribution is 4.79. The van der Waals surface area contributed by atoms with Gasteiger partial charge in [0, 0.05) is 19.1 Å². The molecule has 1 unspecified atom stereocenters. The number of hydrogen-bond acceptors (Lipinski definition) is 2. The van der Waals surface area contributed by atoms with Gasteiger partial charge in [0.05, 0.1) is 0 Å². The van der Waals surface area contributed by atoms with E-state index < -0.39 is 0 Å². The summed E-state index contributed by atoms with van der Waals surface area (Å²) < 4.78 is 0. The van der Waals surface area contributed by atoms with Crippen LogP contribution in [0, 0.1) is 11.3 Å². The van der Waals surface area contributed by atoms with E-state index in [1.165, 1.54) is 25.8 Å². The van der Waals surface area contributed by atoms with E-state index in [1.807, 2.05) is 0 Å². The molecule has 0 aromatic heterocycles. The summed E-state index contributed by atoms with van der Waals surface area (Å²) in [4.78, 5) is 2.59. The van der Waals surface area contributed by atoms with Crippen LogP contribution in [0.5, 0.6) is 0 Å². The first-order valence-corrected chi connectivity index (χ1v) is 7.32. The zero-order chi connectivity index (χ0) is 13.5. The van der Waals surface area contributed by atoms with Gasteiger partial charge < -0.3 is 5.73 Å². The topological polar surface area (TPSA) is 29.3 Å². The number of likely N-dealkylation sites (N-methyl/N-ethyl adjacent to an activating group) is 1. The van der Waals surface area contributed by atoms with Crippen molar-refractivity contribution in [1.82, 2.24) is 4.90 Å². The van der Waals surface area contributed by atoms with E-state index in [9.17, 15) is 0 Å². The van der Waals surface area contributed by atoms with Gasteiger partial charge in [-0.05, 0) is 24.3 Å². The van der Waals surface area contributed by atoms with E-state index in [0.717, 1.165) is 19.0 Å². The minimum atomic E-state index is 0.366. The number of nitrogens with two attached hydrogens (primary N) is 1. The average Bonchev–Trinajstić information content (AvgIpc) is 2.27. The van der Waals surface area contributed by atoms with Crippen molar-refractivity contribution in [1.29, 1.82) is 0 Å². The molecule has 0 saturated carbocycles. The Bertz CT molecular complexity index is 180. The molecule has 0 aliphatic rings. The Morgan fingerprint density at radius 1 is 1.06 bits per heavy atom. The molecule has 104 valence electrons. The van der Waals surface area contributed by atoms with Gasteiger partial charge in [-0.25, -0.2) is 0 Å². The second kappa shape index (κ2) is 8.10. The van der Waals surface area contributed by atoms with E-state index in [2.05, 4.69) is 46.4 Å². The molecule has 0 aliphatic heterocycles. The molecule has 0 heterocycles. The molecule has 0 rings (SSSR count). The highest BCUT2D eigenvalue weighted by atomic mass is 15.2. The van der Waals surface area contributed by atoms with Gasteiger partial charge in [-0.15, -0.1) is 0 Å². The molecule has 0 bridgehead atoms. The summed E-state index contributed by atoms with van der Waals surface area (Å²) in [6.45, 7) is 16.9. The summed E-state index contributed by atoms with van der Waals surface area (Å²) in [6.07, 6.45) is 3.75. The van der Waals surface area contributed by atoms with Gasteiger partial charge in [0.2, 0.25) is 0 Å². The lowest BCUT2D eigenvalue weighted by molar-refractivity contribution is 0.135. The van der Waals surface area contributed by atoms with Crippen molar-refractivity contribution >= 4 is 0 Å². The van der Waals surface area contributed by atoms with Crippen molar-refractivity contribution in [2.45, 2.75) is 66.8 Å². The van der Waals surface area contributed by atoms with Crippen LogP contribution < -0.4 is 5.73 Å². The van der Waals surface area contributed by atoms with Gasteiger partial charge in [-0.3, -0.25) is 4.90 Å². The fourth-order valence-corrected chi connectivity index (χ4v) is 2.48. The molecular weight excluding hydrogens is 208 g/mol. The highest BCUT2D eigenvalue weighted by Crippen LogP contribution is 2.24. The summed E-state index contributed by atoms with van der Waals surface area (Å²) in [5, 5.41) is 0. The molecule has 0 aromatic rings. The van der Waals surface area contributed by atoms with Crippen LogP contribution in [0.2, 0.25) is 0 Å². The van der Waals surface area contributed by atoms with Crippen molar-refractivity contribution < 1.29 is 0 Å². The first-order valence-electron chi connectivity index (χ1n) is 7.32. The first-order chi connectivity index (χ1) is 7.87. The minimum absolute atomic E-state index is 0.366. The standard InChI is InChI=1S/C15H34N2/c1-7-13(8-2)12-17(9-3)14(11-16)10-15(4,5)6/h13-14H,7-12,16H2,1-6H3. The molecule has 0 amide bonds. The molecule has 17 heavy (non-hydrogen) atoms. The molecule has 0 aliphatic carbocycles. The lowest BCUT2D eigenvalue weighted by Gasteiger charge is -2.36. The van der Waals surface area contributed by atoms with Crippen LogP contribution in [0.15, 0.2) is 0 Å². The third-order valence-electron chi connectivity index (χ3n) is 3.69. The lowest BCUT2D eigenvalue weighted by atomic mass is 9.87. The van der Waals surface area contributed by atoms with Crippen LogP contribution in [0.4, 0.5) is 0 Å². The van der Waals surface area contributed by atoms with Gasteiger partial charge in [0.1, 0.15) is 0 Å². The van der Waals surface area contributed by atoms with Crippen molar-refractivity contribution in [3.05, 3.63) is 0 Å². The summed E-state index contributed by atoms with van der Waals surface area (Å²) in [5.74, 6) is 0.823. The normalized spacial score (nSPS) is 14.6. The van der Waals surface area contributed by atoms with Crippen LogP contribution in [-0.4, -0.2) is 30.6 Å². The first kappa shape index (κ1) is 16.9. The molecule has 0 radical (unpaired) electrons. The van der Waals surface area contributed by atoms with Crippen LogP contribution in [0.1, 0.15) is 60.8 Å². The van der Waals surface area contributed by atoms with E-state index in [1.54, 1.807) is 0 Å². The summed E-state index contributed by atoms with van der Waals surface area (Å²) in [5.41, 5.74) is 6.34. The Hall–Kier alpha value is -0.0800. The Morgan fingerprint density at radius 2 is 1.59 bits per heavy atom. The van der Waals surface area contributed by atoms with Crippen molar-refractivity contribution in [2.24, 2.45) is 17.1 Å². The quantitative estimate of drug-likeness (QED) is 0.706. The molecular formula is C15H34N2. The van der Waals surface area contributed by atoms with Crippen molar-refractivity contribution in [2.75, 3.05) is 19.6 Å². The van der Waals surface area contributed by atoms with Gasteiger partial charge >= 0.3 is 0 Å². The molecule has 2 heteroatoms. The van der Waals surface area contributed by atoms with E-state index >= 15 is 0 Å². The molecule has 0 fully saturated rings. The third-order valence-corrected chi connectivity index (χ3v) is 3.69. The monoisotopic (exact) mass is 242 g/mol. The summed E-state index contributed by atoms with van der Waals surface area (Å²) >= 11 is 0. The number of rotatable bonds is 8. The predicted molar refractivity (Wildman–Crippen MR) is 78.2 cm³/mol. The molecule has 2 N–H and O–H groups in total. The zero-order valence-electron chi connectivity index (χ0n) is 12.9. The van der Waals surface area contributed by atoms with E-state index in [-0.39, 0.29) is 0 Å².